The average molecular weight is 479 g/mol. The molecule has 0 spiro atoms. The highest BCUT2D eigenvalue weighted by molar-refractivity contribution is 7.89. The number of hydrogen-bond acceptors (Lipinski definition) is 7. The Hall–Kier alpha value is -3.08. The standard InChI is InChI=1S/C23H30N2O7S/c1-5-32-14-6-13-24-33(27,28)19-10-8-18(9-11-19)25-22(26)12-7-17-15-20(29-2)23(31-4)21(16-17)30-3/h7-12,15-16,24H,5-6,13-14H2,1-4H3,(H,25,26)/b12-7+. The summed E-state index contributed by atoms with van der Waals surface area (Å²) in [4.78, 5) is 12.4. The molecule has 0 atom stereocenters. The van der Waals surface area contributed by atoms with Crippen molar-refractivity contribution in [2.45, 2.75) is 18.2 Å². The highest BCUT2D eigenvalue weighted by atomic mass is 32.2. The molecule has 0 aliphatic carbocycles. The summed E-state index contributed by atoms with van der Waals surface area (Å²) >= 11 is 0. The first-order valence-electron chi connectivity index (χ1n) is 10.3. The van der Waals surface area contributed by atoms with Crippen LogP contribution in [-0.4, -0.2) is 55.4 Å². The fraction of sp³-hybridized carbons (Fsp3) is 0.348. The minimum Gasteiger partial charge on any atom is -0.493 e. The van der Waals surface area contributed by atoms with E-state index in [1.165, 1.54) is 51.7 Å². The van der Waals surface area contributed by atoms with Crippen molar-refractivity contribution in [3.8, 4) is 17.2 Å². The summed E-state index contributed by atoms with van der Waals surface area (Å²) in [6.45, 7) is 3.26. The first kappa shape index (κ1) is 26.2. The summed E-state index contributed by atoms with van der Waals surface area (Å²) in [5.41, 5.74) is 1.14. The molecule has 2 rings (SSSR count). The zero-order valence-electron chi connectivity index (χ0n) is 19.2. The van der Waals surface area contributed by atoms with Crippen molar-refractivity contribution in [1.29, 1.82) is 0 Å². The SMILES string of the molecule is CCOCCCNS(=O)(=O)c1ccc(NC(=O)/C=C/c2cc(OC)c(OC)c(OC)c2)cc1. The lowest BCUT2D eigenvalue weighted by atomic mass is 10.1. The fourth-order valence-electron chi connectivity index (χ4n) is 2.88. The van der Waals surface area contributed by atoms with Crippen molar-refractivity contribution in [3.05, 3.63) is 48.0 Å². The van der Waals surface area contributed by atoms with Gasteiger partial charge in [0.15, 0.2) is 11.5 Å². The van der Waals surface area contributed by atoms with Gasteiger partial charge in [-0.25, -0.2) is 13.1 Å². The highest BCUT2D eigenvalue weighted by Crippen LogP contribution is 2.38. The maximum Gasteiger partial charge on any atom is 0.248 e. The summed E-state index contributed by atoms with van der Waals surface area (Å²) in [5.74, 6) is 1.02. The maximum absolute atomic E-state index is 12.3. The van der Waals surface area contributed by atoms with Crippen LogP contribution in [-0.2, 0) is 19.6 Å². The predicted octanol–water partition coefficient (Wildman–Crippen LogP) is 3.07. The first-order valence-corrected chi connectivity index (χ1v) is 11.8. The minimum atomic E-state index is -3.62. The Kier molecular flexibility index (Phi) is 10.2. The van der Waals surface area contributed by atoms with Gasteiger partial charge in [-0.3, -0.25) is 4.79 Å². The molecule has 0 saturated heterocycles. The number of rotatable bonds is 13. The van der Waals surface area contributed by atoms with Gasteiger partial charge in [0.2, 0.25) is 21.7 Å². The molecule has 2 aromatic rings. The third-order valence-corrected chi connectivity index (χ3v) is 5.98. The number of anilines is 1. The maximum atomic E-state index is 12.3. The molecule has 180 valence electrons. The van der Waals surface area contributed by atoms with Gasteiger partial charge in [-0.2, -0.15) is 0 Å². The number of amides is 1. The lowest BCUT2D eigenvalue weighted by Crippen LogP contribution is -2.25. The van der Waals surface area contributed by atoms with Gasteiger partial charge in [-0.1, -0.05) is 0 Å². The van der Waals surface area contributed by atoms with Gasteiger partial charge in [0.05, 0.1) is 26.2 Å². The van der Waals surface area contributed by atoms with Crippen molar-refractivity contribution >= 4 is 27.7 Å². The molecule has 0 unspecified atom stereocenters. The predicted molar refractivity (Wildman–Crippen MR) is 127 cm³/mol. The van der Waals surface area contributed by atoms with Crippen LogP contribution in [0.15, 0.2) is 47.4 Å². The highest BCUT2D eigenvalue weighted by Gasteiger charge is 2.14. The Labute approximate surface area is 194 Å². The van der Waals surface area contributed by atoms with Gasteiger partial charge >= 0.3 is 0 Å². The van der Waals surface area contributed by atoms with E-state index >= 15 is 0 Å². The van der Waals surface area contributed by atoms with Crippen molar-refractivity contribution in [2.75, 3.05) is 46.4 Å². The van der Waals surface area contributed by atoms with Gasteiger partial charge in [-0.05, 0) is 61.4 Å². The van der Waals surface area contributed by atoms with E-state index in [0.717, 1.165) is 0 Å². The third kappa shape index (κ3) is 7.77. The van der Waals surface area contributed by atoms with Crippen molar-refractivity contribution in [3.63, 3.8) is 0 Å². The topological polar surface area (TPSA) is 112 Å². The molecule has 0 fully saturated rings. The summed E-state index contributed by atoms with van der Waals surface area (Å²) in [6, 6.07) is 9.35. The van der Waals surface area contributed by atoms with Crippen LogP contribution in [0.25, 0.3) is 6.08 Å². The van der Waals surface area contributed by atoms with Gasteiger partial charge < -0.3 is 24.3 Å². The molecular weight excluding hydrogens is 448 g/mol. The van der Waals surface area contributed by atoms with Crippen LogP contribution in [0.5, 0.6) is 17.2 Å². The van der Waals surface area contributed by atoms with Crippen molar-refractivity contribution in [2.24, 2.45) is 0 Å². The Bertz CT molecular complexity index is 1030. The summed E-state index contributed by atoms with van der Waals surface area (Å²) < 4.78 is 48.3. The van der Waals surface area contributed by atoms with Gasteiger partial charge in [0, 0.05) is 31.5 Å². The summed E-state index contributed by atoms with van der Waals surface area (Å²) in [7, 11) is 0.911. The van der Waals surface area contributed by atoms with Crippen LogP contribution < -0.4 is 24.2 Å². The molecule has 0 bridgehead atoms. The monoisotopic (exact) mass is 478 g/mol. The van der Waals surface area contributed by atoms with Crippen LogP contribution in [0.4, 0.5) is 5.69 Å². The number of benzene rings is 2. The van der Waals surface area contributed by atoms with Crippen molar-refractivity contribution < 1.29 is 32.2 Å². The van der Waals surface area contributed by atoms with Gasteiger partial charge in [0.25, 0.3) is 0 Å². The molecule has 10 heteroatoms. The van der Waals surface area contributed by atoms with E-state index in [2.05, 4.69) is 10.0 Å². The second-order valence-electron chi connectivity index (χ2n) is 6.75. The quantitative estimate of drug-likeness (QED) is 0.336. The second-order valence-corrected chi connectivity index (χ2v) is 8.52. The number of methoxy groups -OCH3 is 3. The zero-order valence-corrected chi connectivity index (χ0v) is 20.0. The molecule has 0 aliphatic heterocycles. The number of sulfonamides is 1. The fourth-order valence-corrected chi connectivity index (χ4v) is 3.95. The van der Waals surface area contributed by atoms with E-state index in [1.807, 2.05) is 6.92 Å². The normalized spacial score (nSPS) is 11.4. The summed E-state index contributed by atoms with van der Waals surface area (Å²) in [6.07, 6.45) is 3.54. The Morgan fingerprint density at radius 3 is 2.18 bits per heavy atom. The zero-order chi connectivity index (χ0) is 24.3. The summed E-state index contributed by atoms with van der Waals surface area (Å²) in [5, 5.41) is 2.69. The minimum absolute atomic E-state index is 0.116. The largest absolute Gasteiger partial charge is 0.493 e. The van der Waals surface area contributed by atoms with Crippen molar-refractivity contribution in [1.82, 2.24) is 4.72 Å². The number of carbonyl (C=O) groups is 1. The number of nitrogens with one attached hydrogen (secondary N) is 2. The molecule has 0 heterocycles. The second kappa shape index (κ2) is 12.8. The van der Waals surface area contributed by atoms with E-state index in [9.17, 15) is 13.2 Å². The molecule has 1 amide bonds. The smallest absolute Gasteiger partial charge is 0.248 e. The van der Waals surface area contributed by atoms with Crippen LogP contribution >= 0.6 is 0 Å². The Balaban J connectivity index is 2.00. The lowest BCUT2D eigenvalue weighted by Gasteiger charge is -2.12. The number of carbonyl (C=O) groups excluding carboxylic acids is 1. The molecule has 2 N–H and O–H groups in total. The molecule has 0 radical (unpaired) electrons. The molecule has 2 aromatic carbocycles. The Morgan fingerprint density at radius 1 is 1.00 bits per heavy atom. The van der Waals surface area contributed by atoms with E-state index in [0.29, 0.717) is 48.1 Å². The molecule has 33 heavy (non-hydrogen) atoms. The molecular formula is C23H30N2O7S. The lowest BCUT2D eigenvalue weighted by molar-refractivity contribution is -0.111. The van der Waals surface area contributed by atoms with E-state index in [1.54, 1.807) is 18.2 Å². The van der Waals surface area contributed by atoms with Crippen LogP contribution in [0.3, 0.4) is 0 Å². The van der Waals surface area contributed by atoms with Crippen LogP contribution in [0, 0.1) is 0 Å². The first-order chi connectivity index (χ1) is 15.8. The van der Waals surface area contributed by atoms with Crippen LogP contribution in [0.1, 0.15) is 18.9 Å². The van der Waals surface area contributed by atoms with Crippen LogP contribution in [0.2, 0.25) is 0 Å². The average Bonchev–Trinajstić information content (AvgIpc) is 2.82. The molecule has 0 saturated carbocycles. The van der Waals surface area contributed by atoms with E-state index in [4.69, 9.17) is 18.9 Å². The van der Waals surface area contributed by atoms with Gasteiger partial charge in [-0.15, -0.1) is 0 Å². The molecule has 9 nitrogen and oxygen atoms in total. The molecule has 0 aliphatic rings. The third-order valence-electron chi connectivity index (χ3n) is 4.51. The number of ether oxygens (including phenoxy) is 4. The van der Waals surface area contributed by atoms with E-state index in [-0.39, 0.29) is 17.3 Å². The Morgan fingerprint density at radius 2 is 1.64 bits per heavy atom. The van der Waals surface area contributed by atoms with Gasteiger partial charge in [0.1, 0.15) is 0 Å². The molecule has 0 aromatic heterocycles. The van der Waals surface area contributed by atoms with E-state index < -0.39 is 10.0 Å². The number of hydrogen-bond donors (Lipinski definition) is 2.